The van der Waals surface area contributed by atoms with Gasteiger partial charge in [0, 0.05) is 5.56 Å². The van der Waals surface area contributed by atoms with Crippen LogP contribution in [0.25, 0.3) is 0 Å². The zero-order valence-corrected chi connectivity index (χ0v) is 15.4. The van der Waals surface area contributed by atoms with Gasteiger partial charge in [-0.15, -0.1) is 0 Å². The van der Waals surface area contributed by atoms with Crippen molar-refractivity contribution < 1.29 is 14.3 Å². The SMILES string of the molecule is COc1ccc(OC)c([C@H](C)NC(=O)Cn2ncc(Cl)c(Cl)c2=O)c1. The number of benzene rings is 1. The summed E-state index contributed by atoms with van der Waals surface area (Å²) in [4.78, 5) is 24.2. The van der Waals surface area contributed by atoms with E-state index >= 15 is 0 Å². The van der Waals surface area contributed by atoms with E-state index in [-0.39, 0.29) is 22.6 Å². The Morgan fingerprint density at radius 3 is 2.68 bits per heavy atom. The van der Waals surface area contributed by atoms with Gasteiger partial charge in [0.15, 0.2) is 0 Å². The van der Waals surface area contributed by atoms with Crippen molar-refractivity contribution in [2.75, 3.05) is 14.2 Å². The summed E-state index contributed by atoms with van der Waals surface area (Å²) in [5.41, 5.74) is 0.112. The Hall–Kier alpha value is -2.25. The Morgan fingerprint density at radius 1 is 1.32 bits per heavy atom. The zero-order chi connectivity index (χ0) is 18.6. The molecule has 0 spiro atoms. The van der Waals surface area contributed by atoms with Crippen molar-refractivity contribution in [3.63, 3.8) is 0 Å². The lowest BCUT2D eigenvalue weighted by Crippen LogP contribution is -2.35. The van der Waals surface area contributed by atoms with Crippen molar-refractivity contribution in [3.8, 4) is 11.5 Å². The molecule has 0 saturated carbocycles. The van der Waals surface area contributed by atoms with Crippen LogP contribution in [0.4, 0.5) is 0 Å². The topological polar surface area (TPSA) is 82.4 Å². The number of nitrogens with zero attached hydrogens (tertiary/aromatic N) is 2. The van der Waals surface area contributed by atoms with E-state index in [2.05, 4.69) is 10.4 Å². The zero-order valence-electron chi connectivity index (χ0n) is 13.9. The van der Waals surface area contributed by atoms with Gasteiger partial charge in [0.25, 0.3) is 5.56 Å². The second kappa shape index (κ2) is 8.22. The fourth-order valence-electron chi connectivity index (χ4n) is 2.24. The lowest BCUT2D eigenvalue weighted by atomic mass is 10.1. The highest BCUT2D eigenvalue weighted by Crippen LogP contribution is 2.29. The number of rotatable bonds is 6. The first kappa shape index (κ1) is 19.1. The maximum Gasteiger partial charge on any atom is 0.287 e. The molecule has 7 nitrogen and oxygen atoms in total. The molecular formula is C16H17Cl2N3O4. The summed E-state index contributed by atoms with van der Waals surface area (Å²) in [5.74, 6) is 0.836. The maximum atomic E-state index is 12.2. The van der Waals surface area contributed by atoms with Crippen molar-refractivity contribution >= 4 is 29.1 Å². The van der Waals surface area contributed by atoms with Gasteiger partial charge in [-0.3, -0.25) is 9.59 Å². The minimum Gasteiger partial charge on any atom is -0.497 e. The molecule has 0 bridgehead atoms. The van der Waals surface area contributed by atoms with Gasteiger partial charge in [-0.25, -0.2) is 4.68 Å². The molecule has 134 valence electrons. The molecule has 1 N–H and O–H groups in total. The number of amides is 1. The number of ether oxygens (including phenoxy) is 2. The Morgan fingerprint density at radius 2 is 2.04 bits per heavy atom. The fraction of sp³-hybridized carbons (Fsp3) is 0.312. The third-order valence-electron chi connectivity index (χ3n) is 3.52. The Labute approximate surface area is 154 Å². The molecule has 1 aromatic heterocycles. The van der Waals surface area contributed by atoms with Crippen molar-refractivity contribution in [1.29, 1.82) is 0 Å². The first-order chi connectivity index (χ1) is 11.9. The number of hydrogen-bond donors (Lipinski definition) is 1. The van der Waals surface area contributed by atoms with Crippen LogP contribution in [0.2, 0.25) is 10.0 Å². The molecular weight excluding hydrogens is 369 g/mol. The van der Waals surface area contributed by atoms with E-state index in [1.807, 2.05) is 0 Å². The summed E-state index contributed by atoms with van der Waals surface area (Å²) in [6, 6.07) is 4.90. The number of aromatic nitrogens is 2. The van der Waals surface area contributed by atoms with Crippen molar-refractivity contribution in [3.05, 3.63) is 50.4 Å². The van der Waals surface area contributed by atoms with Gasteiger partial charge >= 0.3 is 0 Å². The smallest absolute Gasteiger partial charge is 0.287 e. The van der Waals surface area contributed by atoms with Crippen LogP contribution in [0.3, 0.4) is 0 Å². The second-order valence-corrected chi connectivity index (χ2v) is 5.95. The molecule has 1 heterocycles. The van der Waals surface area contributed by atoms with E-state index in [4.69, 9.17) is 32.7 Å². The average Bonchev–Trinajstić information content (AvgIpc) is 2.61. The van der Waals surface area contributed by atoms with Gasteiger partial charge in [-0.2, -0.15) is 5.10 Å². The van der Waals surface area contributed by atoms with E-state index < -0.39 is 11.5 Å². The van der Waals surface area contributed by atoms with Crippen molar-refractivity contribution in [1.82, 2.24) is 15.1 Å². The van der Waals surface area contributed by atoms with Crippen LogP contribution < -0.4 is 20.3 Å². The highest BCUT2D eigenvalue weighted by Gasteiger charge is 2.17. The van der Waals surface area contributed by atoms with Gasteiger partial charge in [-0.05, 0) is 25.1 Å². The van der Waals surface area contributed by atoms with Crippen LogP contribution in [0, 0.1) is 0 Å². The second-order valence-electron chi connectivity index (χ2n) is 5.17. The molecule has 2 aromatic rings. The Bertz CT molecular complexity index is 839. The molecule has 9 heteroatoms. The van der Waals surface area contributed by atoms with Gasteiger partial charge in [0.1, 0.15) is 23.1 Å². The quantitative estimate of drug-likeness (QED) is 0.825. The first-order valence-corrected chi connectivity index (χ1v) is 8.05. The number of carbonyl (C=O) groups is 1. The van der Waals surface area contributed by atoms with Gasteiger partial charge in [0.05, 0.1) is 31.5 Å². The highest BCUT2D eigenvalue weighted by molar-refractivity contribution is 6.41. The lowest BCUT2D eigenvalue weighted by Gasteiger charge is -2.18. The molecule has 0 fully saturated rings. The van der Waals surface area contributed by atoms with Crippen molar-refractivity contribution in [2.24, 2.45) is 0 Å². The molecule has 2 rings (SSSR count). The van der Waals surface area contributed by atoms with E-state index in [0.717, 1.165) is 10.2 Å². The van der Waals surface area contributed by atoms with Gasteiger partial charge < -0.3 is 14.8 Å². The third kappa shape index (κ3) is 4.43. The van der Waals surface area contributed by atoms with Gasteiger partial charge in [-0.1, -0.05) is 23.2 Å². The molecule has 25 heavy (non-hydrogen) atoms. The van der Waals surface area contributed by atoms with Crippen molar-refractivity contribution in [2.45, 2.75) is 19.5 Å². The largest absolute Gasteiger partial charge is 0.497 e. The van der Waals surface area contributed by atoms with Crippen LogP contribution in [-0.2, 0) is 11.3 Å². The van der Waals surface area contributed by atoms with Gasteiger partial charge in [0.2, 0.25) is 5.91 Å². The summed E-state index contributed by atoms with van der Waals surface area (Å²) in [5, 5.41) is 6.45. The molecule has 0 saturated heterocycles. The van der Waals surface area contributed by atoms with E-state index in [1.165, 1.54) is 6.20 Å². The van der Waals surface area contributed by atoms with Crippen LogP contribution >= 0.6 is 23.2 Å². The molecule has 1 amide bonds. The summed E-state index contributed by atoms with van der Waals surface area (Å²) < 4.78 is 11.4. The molecule has 1 atom stereocenters. The summed E-state index contributed by atoms with van der Waals surface area (Å²) in [7, 11) is 3.09. The monoisotopic (exact) mass is 385 g/mol. The Balaban J connectivity index is 2.16. The van der Waals surface area contributed by atoms with Crippen LogP contribution in [-0.4, -0.2) is 29.9 Å². The van der Waals surface area contributed by atoms with E-state index in [0.29, 0.717) is 11.5 Å². The molecule has 0 unspecified atom stereocenters. The minimum atomic E-state index is -0.629. The summed E-state index contributed by atoms with van der Waals surface area (Å²) in [6.45, 7) is 1.51. The molecule has 0 aliphatic heterocycles. The van der Waals surface area contributed by atoms with Crippen LogP contribution in [0.15, 0.2) is 29.2 Å². The molecule has 0 radical (unpaired) electrons. The number of methoxy groups -OCH3 is 2. The van der Waals surface area contributed by atoms with E-state index in [9.17, 15) is 9.59 Å². The van der Waals surface area contributed by atoms with Crippen LogP contribution in [0.5, 0.6) is 11.5 Å². The normalized spacial score (nSPS) is 11.7. The molecule has 0 aliphatic carbocycles. The summed E-state index contributed by atoms with van der Waals surface area (Å²) in [6.07, 6.45) is 1.22. The minimum absolute atomic E-state index is 0.0396. The molecule has 0 aliphatic rings. The summed E-state index contributed by atoms with van der Waals surface area (Å²) >= 11 is 11.5. The maximum absolute atomic E-state index is 12.2. The standard InChI is InChI=1S/C16H17Cl2N3O4/c1-9(11-6-10(24-2)4-5-13(11)25-3)20-14(22)8-21-16(23)15(18)12(17)7-19-21/h4-7,9H,8H2,1-3H3,(H,20,22)/t9-/m0/s1. The fourth-order valence-corrected chi connectivity index (χ4v) is 2.51. The number of halogens is 2. The predicted octanol–water partition coefficient (Wildman–Crippen LogP) is 2.44. The number of nitrogens with one attached hydrogen (secondary N) is 1. The lowest BCUT2D eigenvalue weighted by molar-refractivity contribution is -0.122. The third-order valence-corrected chi connectivity index (χ3v) is 4.27. The first-order valence-electron chi connectivity index (χ1n) is 7.29. The Kier molecular flexibility index (Phi) is 6.27. The van der Waals surface area contributed by atoms with E-state index in [1.54, 1.807) is 39.3 Å². The predicted molar refractivity (Wildman–Crippen MR) is 94.6 cm³/mol. The number of hydrogen-bond acceptors (Lipinski definition) is 5. The van der Waals surface area contributed by atoms with Crippen LogP contribution in [0.1, 0.15) is 18.5 Å². The highest BCUT2D eigenvalue weighted by atomic mass is 35.5. The molecule has 1 aromatic carbocycles. The average molecular weight is 386 g/mol. The number of carbonyl (C=O) groups excluding carboxylic acids is 1.